The smallest absolute Gasteiger partial charge is 0.223 e. The van der Waals surface area contributed by atoms with Gasteiger partial charge in [-0.3, -0.25) is 4.79 Å². The zero-order valence-electron chi connectivity index (χ0n) is 7.34. The topological polar surface area (TPSA) is 20.3 Å². The molecule has 0 bridgehead atoms. The van der Waals surface area contributed by atoms with Gasteiger partial charge in [-0.15, -0.1) is 0 Å². The van der Waals surface area contributed by atoms with E-state index < -0.39 is 5.82 Å². The Morgan fingerprint density at radius 3 is 2.69 bits per heavy atom. The van der Waals surface area contributed by atoms with Crippen molar-refractivity contribution in [3.63, 3.8) is 0 Å². The van der Waals surface area contributed by atoms with Crippen molar-refractivity contribution in [2.75, 3.05) is 11.9 Å². The average Bonchev–Trinajstić information content (AvgIpc) is 2.08. The molecular formula is C9H9ClFNO. The molecule has 0 aromatic heterocycles. The van der Waals surface area contributed by atoms with Crippen molar-refractivity contribution in [1.82, 2.24) is 0 Å². The van der Waals surface area contributed by atoms with E-state index in [9.17, 15) is 9.18 Å². The molecule has 0 aliphatic rings. The van der Waals surface area contributed by atoms with Crippen LogP contribution < -0.4 is 4.90 Å². The summed E-state index contributed by atoms with van der Waals surface area (Å²) in [5.41, 5.74) is 0.194. The minimum absolute atomic E-state index is 0.194. The Morgan fingerprint density at radius 2 is 2.15 bits per heavy atom. The maximum absolute atomic E-state index is 13.1. The highest BCUT2D eigenvalue weighted by Crippen LogP contribution is 2.22. The van der Waals surface area contributed by atoms with E-state index in [1.54, 1.807) is 0 Å². The number of halogens is 2. The highest BCUT2D eigenvalue weighted by molar-refractivity contribution is 6.30. The third kappa shape index (κ3) is 2.18. The van der Waals surface area contributed by atoms with Gasteiger partial charge in [0, 0.05) is 19.0 Å². The van der Waals surface area contributed by atoms with E-state index in [4.69, 9.17) is 11.6 Å². The van der Waals surface area contributed by atoms with Gasteiger partial charge in [0.1, 0.15) is 5.82 Å². The molecule has 0 spiro atoms. The van der Waals surface area contributed by atoms with Crippen LogP contribution in [0.5, 0.6) is 0 Å². The minimum atomic E-state index is -0.456. The van der Waals surface area contributed by atoms with E-state index in [1.165, 1.54) is 37.1 Å². The first-order valence-corrected chi connectivity index (χ1v) is 4.09. The van der Waals surface area contributed by atoms with Crippen molar-refractivity contribution in [2.24, 2.45) is 0 Å². The fourth-order valence-corrected chi connectivity index (χ4v) is 1.08. The van der Waals surface area contributed by atoms with Crippen molar-refractivity contribution in [2.45, 2.75) is 6.92 Å². The molecule has 0 atom stereocenters. The molecule has 0 saturated carbocycles. The van der Waals surface area contributed by atoms with Crippen molar-refractivity contribution >= 4 is 23.2 Å². The fourth-order valence-electron chi connectivity index (χ4n) is 0.912. The van der Waals surface area contributed by atoms with Crippen LogP contribution >= 0.6 is 11.6 Å². The Morgan fingerprint density at radius 1 is 1.54 bits per heavy atom. The number of anilines is 1. The number of nitrogens with zero attached hydrogens (tertiary/aromatic N) is 1. The van der Waals surface area contributed by atoms with Crippen LogP contribution in [-0.4, -0.2) is 13.0 Å². The molecule has 0 N–H and O–H groups in total. The quantitative estimate of drug-likeness (QED) is 0.684. The van der Waals surface area contributed by atoms with Crippen LogP contribution in [0.3, 0.4) is 0 Å². The predicted molar refractivity (Wildman–Crippen MR) is 50.5 cm³/mol. The summed E-state index contributed by atoms with van der Waals surface area (Å²) >= 11 is 5.66. The summed E-state index contributed by atoms with van der Waals surface area (Å²) < 4.78 is 13.1. The number of hydrogen-bond acceptors (Lipinski definition) is 1. The maximum atomic E-state index is 13.1. The van der Waals surface area contributed by atoms with Crippen LogP contribution in [0.4, 0.5) is 10.1 Å². The van der Waals surface area contributed by atoms with E-state index in [-0.39, 0.29) is 11.6 Å². The standard InChI is InChI=1S/C9H9ClFNO/c1-6(13)12(2)9-5-7(10)3-4-8(9)11/h3-5H,1-2H3. The van der Waals surface area contributed by atoms with Crippen LogP contribution in [0.25, 0.3) is 0 Å². The second-order valence-corrected chi connectivity index (χ2v) is 3.11. The molecular weight excluding hydrogens is 193 g/mol. The summed E-state index contributed by atoms with van der Waals surface area (Å²) in [6.07, 6.45) is 0. The molecule has 0 radical (unpaired) electrons. The maximum Gasteiger partial charge on any atom is 0.223 e. The summed E-state index contributed by atoms with van der Waals surface area (Å²) in [6, 6.07) is 4.09. The number of hydrogen-bond donors (Lipinski definition) is 0. The molecule has 1 rings (SSSR count). The number of rotatable bonds is 1. The Kier molecular flexibility index (Phi) is 2.88. The Hall–Kier alpha value is -1.09. The second kappa shape index (κ2) is 3.75. The monoisotopic (exact) mass is 201 g/mol. The normalized spacial score (nSPS) is 9.85. The van der Waals surface area contributed by atoms with Crippen molar-refractivity contribution < 1.29 is 9.18 Å². The molecule has 1 aromatic rings. The Labute approximate surface area is 80.9 Å². The molecule has 0 aliphatic heterocycles. The summed E-state index contributed by atoms with van der Waals surface area (Å²) in [4.78, 5) is 12.1. The zero-order chi connectivity index (χ0) is 10.0. The van der Waals surface area contributed by atoms with Gasteiger partial charge in [0.15, 0.2) is 0 Å². The molecule has 0 unspecified atom stereocenters. The fraction of sp³-hybridized carbons (Fsp3) is 0.222. The summed E-state index contributed by atoms with van der Waals surface area (Å²) in [6.45, 7) is 1.36. The Bertz CT molecular complexity index is 340. The molecule has 2 nitrogen and oxygen atoms in total. The van der Waals surface area contributed by atoms with Crippen LogP contribution in [0.1, 0.15) is 6.92 Å². The van der Waals surface area contributed by atoms with Gasteiger partial charge in [-0.1, -0.05) is 11.6 Å². The van der Waals surface area contributed by atoms with Gasteiger partial charge in [-0.05, 0) is 18.2 Å². The number of amides is 1. The third-order valence-corrected chi connectivity index (χ3v) is 1.98. The highest BCUT2D eigenvalue weighted by atomic mass is 35.5. The van der Waals surface area contributed by atoms with E-state index >= 15 is 0 Å². The summed E-state index contributed by atoms with van der Waals surface area (Å²) in [5.74, 6) is -0.691. The first kappa shape index (κ1) is 9.99. The van der Waals surface area contributed by atoms with E-state index in [2.05, 4.69) is 0 Å². The van der Waals surface area contributed by atoms with Gasteiger partial charge in [0.2, 0.25) is 5.91 Å². The molecule has 0 aliphatic carbocycles. The predicted octanol–water partition coefficient (Wildman–Crippen LogP) is 2.46. The van der Waals surface area contributed by atoms with Crippen molar-refractivity contribution in [3.05, 3.63) is 29.0 Å². The summed E-state index contributed by atoms with van der Waals surface area (Å²) in [7, 11) is 1.50. The molecule has 0 heterocycles. The Balaban J connectivity index is 3.12. The molecule has 70 valence electrons. The molecule has 1 amide bonds. The summed E-state index contributed by atoms with van der Waals surface area (Å²) in [5, 5.41) is 0.407. The number of carbonyl (C=O) groups is 1. The van der Waals surface area contributed by atoms with Gasteiger partial charge in [-0.2, -0.15) is 0 Å². The van der Waals surface area contributed by atoms with E-state index in [0.29, 0.717) is 5.02 Å². The van der Waals surface area contributed by atoms with Crippen LogP contribution in [0.15, 0.2) is 18.2 Å². The lowest BCUT2D eigenvalue weighted by Gasteiger charge is -2.15. The zero-order valence-corrected chi connectivity index (χ0v) is 8.10. The van der Waals surface area contributed by atoms with Gasteiger partial charge in [-0.25, -0.2) is 4.39 Å². The third-order valence-electron chi connectivity index (χ3n) is 1.74. The van der Waals surface area contributed by atoms with Crippen LogP contribution in [0, 0.1) is 5.82 Å². The van der Waals surface area contributed by atoms with Crippen LogP contribution in [-0.2, 0) is 4.79 Å². The minimum Gasteiger partial charge on any atom is -0.313 e. The molecule has 0 fully saturated rings. The lowest BCUT2D eigenvalue weighted by molar-refractivity contribution is -0.116. The number of carbonyl (C=O) groups excluding carboxylic acids is 1. The molecule has 1 aromatic carbocycles. The van der Waals surface area contributed by atoms with Gasteiger partial charge >= 0.3 is 0 Å². The lowest BCUT2D eigenvalue weighted by atomic mass is 10.3. The SMILES string of the molecule is CC(=O)N(C)c1cc(Cl)ccc1F. The average molecular weight is 202 g/mol. The molecule has 0 saturated heterocycles. The van der Waals surface area contributed by atoms with Crippen molar-refractivity contribution in [1.29, 1.82) is 0 Å². The van der Waals surface area contributed by atoms with E-state index in [0.717, 1.165) is 0 Å². The van der Waals surface area contributed by atoms with Crippen molar-refractivity contribution in [3.8, 4) is 0 Å². The number of benzene rings is 1. The first-order chi connectivity index (χ1) is 6.02. The largest absolute Gasteiger partial charge is 0.313 e. The van der Waals surface area contributed by atoms with Gasteiger partial charge < -0.3 is 4.90 Å². The van der Waals surface area contributed by atoms with Crippen LogP contribution in [0.2, 0.25) is 5.02 Å². The van der Waals surface area contributed by atoms with Gasteiger partial charge in [0.25, 0.3) is 0 Å². The molecule has 4 heteroatoms. The lowest BCUT2D eigenvalue weighted by Crippen LogP contribution is -2.23. The second-order valence-electron chi connectivity index (χ2n) is 2.67. The van der Waals surface area contributed by atoms with E-state index in [1.807, 2.05) is 0 Å². The molecule has 13 heavy (non-hydrogen) atoms. The van der Waals surface area contributed by atoms with Gasteiger partial charge in [0.05, 0.1) is 5.69 Å². The highest BCUT2D eigenvalue weighted by Gasteiger charge is 2.10. The first-order valence-electron chi connectivity index (χ1n) is 3.71.